The summed E-state index contributed by atoms with van der Waals surface area (Å²) in [6.07, 6.45) is 1.68. The van der Waals surface area contributed by atoms with E-state index in [0.29, 0.717) is 11.3 Å². The van der Waals surface area contributed by atoms with Gasteiger partial charge in [0.1, 0.15) is 11.5 Å². The van der Waals surface area contributed by atoms with Crippen molar-refractivity contribution in [1.29, 1.82) is 0 Å². The number of rotatable bonds is 2. The molecule has 0 saturated carbocycles. The summed E-state index contributed by atoms with van der Waals surface area (Å²) in [6, 6.07) is 6.17. The Hall–Kier alpha value is -1.97. The molecule has 1 aromatic carbocycles. The van der Waals surface area contributed by atoms with Gasteiger partial charge in [-0.3, -0.25) is 4.79 Å². The maximum Gasteiger partial charge on any atom is 0.159 e. The van der Waals surface area contributed by atoms with E-state index in [1.807, 2.05) is 6.92 Å². The Balaban J connectivity index is 2.47. The van der Waals surface area contributed by atoms with E-state index in [1.165, 1.54) is 17.7 Å². The molecular formula is C12H11FN2O. The van der Waals surface area contributed by atoms with Gasteiger partial charge in [-0.1, -0.05) is 0 Å². The lowest BCUT2D eigenvalue weighted by atomic mass is 10.1. The van der Waals surface area contributed by atoms with Crippen LogP contribution in [0.5, 0.6) is 0 Å². The van der Waals surface area contributed by atoms with Crippen LogP contribution in [0.3, 0.4) is 0 Å². The molecular weight excluding hydrogens is 207 g/mol. The predicted octanol–water partition coefficient (Wildman–Crippen LogP) is 2.52. The molecule has 0 spiro atoms. The van der Waals surface area contributed by atoms with Gasteiger partial charge in [-0.25, -0.2) is 9.07 Å². The molecule has 1 heterocycles. The quantitative estimate of drug-likeness (QED) is 0.726. The number of carbonyl (C=O) groups excluding carboxylic acids is 1. The summed E-state index contributed by atoms with van der Waals surface area (Å²) in [5.41, 5.74) is 1.53. The first-order valence-electron chi connectivity index (χ1n) is 4.91. The Labute approximate surface area is 92.5 Å². The van der Waals surface area contributed by atoms with Gasteiger partial charge in [0.2, 0.25) is 0 Å². The molecule has 0 fully saturated rings. The second-order valence-corrected chi connectivity index (χ2v) is 3.62. The van der Waals surface area contributed by atoms with E-state index < -0.39 is 5.82 Å². The van der Waals surface area contributed by atoms with Gasteiger partial charge < -0.3 is 0 Å². The predicted molar refractivity (Wildman–Crippen MR) is 58.3 cm³/mol. The lowest BCUT2D eigenvalue weighted by Crippen LogP contribution is -2.01. The van der Waals surface area contributed by atoms with Gasteiger partial charge in [0, 0.05) is 11.8 Å². The van der Waals surface area contributed by atoms with Gasteiger partial charge in [-0.05, 0) is 38.1 Å². The van der Waals surface area contributed by atoms with Crippen molar-refractivity contribution in [1.82, 2.24) is 9.78 Å². The summed E-state index contributed by atoms with van der Waals surface area (Å²) in [4.78, 5) is 11.1. The van der Waals surface area contributed by atoms with Crippen LogP contribution < -0.4 is 0 Å². The maximum absolute atomic E-state index is 13.7. The lowest BCUT2D eigenvalue weighted by Gasteiger charge is -2.04. The number of aryl methyl sites for hydroxylation is 1. The molecule has 0 unspecified atom stereocenters. The highest BCUT2D eigenvalue weighted by atomic mass is 19.1. The third-order valence-corrected chi connectivity index (χ3v) is 2.32. The van der Waals surface area contributed by atoms with Gasteiger partial charge >= 0.3 is 0 Å². The van der Waals surface area contributed by atoms with Crippen molar-refractivity contribution < 1.29 is 9.18 Å². The van der Waals surface area contributed by atoms with E-state index in [2.05, 4.69) is 5.10 Å². The molecule has 0 aliphatic heterocycles. The summed E-state index contributed by atoms with van der Waals surface area (Å²) in [5.74, 6) is -0.599. The second-order valence-electron chi connectivity index (χ2n) is 3.62. The number of hydrogen-bond acceptors (Lipinski definition) is 2. The molecule has 0 amide bonds. The number of Topliss-reactive ketones (excluding diaryl/α,β-unsaturated/α-hetero) is 1. The minimum Gasteiger partial charge on any atom is -0.295 e. The first-order chi connectivity index (χ1) is 7.58. The number of halogens is 1. The number of hydrogen-bond donors (Lipinski definition) is 0. The van der Waals surface area contributed by atoms with Crippen molar-refractivity contribution in [3.63, 3.8) is 0 Å². The van der Waals surface area contributed by atoms with E-state index in [-0.39, 0.29) is 5.78 Å². The molecule has 0 aliphatic carbocycles. The monoisotopic (exact) mass is 218 g/mol. The van der Waals surface area contributed by atoms with Crippen molar-refractivity contribution in [3.05, 3.63) is 47.5 Å². The standard InChI is InChI=1S/C12H11FN2O/c1-8-5-6-15(14-8)12-4-3-10(9(2)16)7-11(12)13/h3-7H,1-2H3. The number of nitrogens with zero attached hydrogens (tertiary/aromatic N) is 2. The van der Waals surface area contributed by atoms with Crippen molar-refractivity contribution in [2.45, 2.75) is 13.8 Å². The fourth-order valence-electron chi connectivity index (χ4n) is 1.46. The van der Waals surface area contributed by atoms with Crippen LogP contribution in [-0.2, 0) is 0 Å². The Morgan fingerprint density at radius 3 is 2.62 bits per heavy atom. The second kappa shape index (κ2) is 3.89. The summed E-state index contributed by atoms with van der Waals surface area (Å²) < 4.78 is 15.1. The molecule has 0 N–H and O–H groups in total. The number of benzene rings is 1. The average Bonchev–Trinajstić information content (AvgIpc) is 2.64. The molecule has 2 aromatic rings. The highest BCUT2D eigenvalue weighted by Gasteiger charge is 2.08. The first kappa shape index (κ1) is 10.5. The summed E-state index contributed by atoms with van der Waals surface area (Å²) in [6.45, 7) is 3.24. The van der Waals surface area contributed by atoms with Crippen molar-refractivity contribution >= 4 is 5.78 Å². The molecule has 0 bridgehead atoms. The third kappa shape index (κ3) is 1.86. The van der Waals surface area contributed by atoms with Crippen molar-refractivity contribution in [2.24, 2.45) is 0 Å². The van der Waals surface area contributed by atoms with Crippen LogP contribution in [0.1, 0.15) is 23.0 Å². The minimum absolute atomic E-state index is 0.151. The molecule has 3 nitrogen and oxygen atoms in total. The average molecular weight is 218 g/mol. The van der Waals surface area contributed by atoms with E-state index in [4.69, 9.17) is 0 Å². The fourth-order valence-corrected chi connectivity index (χ4v) is 1.46. The molecule has 1 aromatic heterocycles. The molecule has 2 rings (SSSR count). The topological polar surface area (TPSA) is 34.9 Å². The molecule has 0 radical (unpaired) electrons. The smallest absolute Gasteiger partial charge is 0.159 e. The molecule has 0 aliphatic rings. The lowest BCUT2D eigenvalue weighted by molar-refractivity contribution is 0.101. The van der Waals surface area contributed by atoms with Gasteiger partial charge in [0.25, 0.3) is 0 Å². The Bertz CT molecular complexity index is 546. The maximum atomic E-state index is 13.7. The minimum atomic E-state index is -0.448. The summed E-state index contributed by atoms with van der Waals surface area (Å²) >= 11 is 0. The Kier molecular flexibility index (Phi) is 2.56. The van der Waals surface area contributed by atoms with Crippen LogP contribution >= 0.6 is 0 Å². The highest BCUT2D eigenvalue weighted by molar-refractivity contribution is 5.94. The van der Waals surface area contributed by atoms with Crippen LogP contribution in [-0.4, -0.2) is 15.6 Å². The SMILES string of the molecule is CC(=O)c1ccc(-n2ccc(C)n2)c(F)c1. The Morgan fingerprint density at radius 2 is 2.12 bits per heavy atom. The van der Waals surface area contributed by atoms with Crippen LogP contribution in [0.4, 0.5) is 4.39 Å². The van der Waals surface area contributed by atoms with Gasteiger partial charge in [-0.2, -0.15) is 5.10 Å². The van der Waals surface area contributed by atoms with Crippen LogP contribution in [0, 0.1) is 12.7 Å². The molecule has 0 saturated heterocycles. The number of carbonyl (C=O) groups is 1. The first-order valence-corrected chi connectivity index (χ1v) is 4.91. The summed E-state index contributed by atoms with van der Waals surface area (Å²) in [5, 5.41) is 4.11. The van der Waals surface area contributed by atoms with E-state index in [0.717, 1.165) is 5.69 Å². The van der Waals surface area contributed by atoms with Gasteiger partial charge in [0.15, 0.2) is 5.78 Å². The number of ketones is 1. The zero-order valence-electron chi connectivity index (χ0n) is 9.07. The summed E-state index contributed by atoms with van der Waals surface area (Å²) in [7, 11) is 0. The van der Waals surface area contributed by atoms with Crippen molar-refractivity contribution in [3.8, 4) is 5.69 Å². The largest absolute Gasteiger partial charge is 0.295 e. The zero-order valence-corrected chi connectivity index (χ0v) is 9.07. The molecule has 0 atom stereocenters. The van der Waals surface area contributed by atoms with E-state index >= 15 is 0 Å². The van der Waals surface area contributed by atoms with Crippen molar-refractivity contribution in [2.75, 3.05) is 0 Å². The Morgan fingerprint density at radius 1 is 1.38 bits per heavy atom. The van der Waals surface area contributed by atoms with Crippen LogP contribution in [0.15, 0.2) is 30.5 Å². The normalized spacial score (nSPS) is 10.4. The third-order valence-electron chi connectivity index (χ3n) is 2.32. The fraction of sp³-hybridized carbons (Fsp3) is 0.167. The molecule has 82 valence electrons. The zero-order chi connectivity index (χ0) is 11.7. The highest BCUT2D eigenvalue weighted by Crippen LogP contribution is 2.15. The number of aromatic nitrogens is 2. The van der Waals surface area contributed by atoms with Crippen LogP contribution in [0.2, 0.25) is 0 Å². The van der Waals surface area contributed by atoms with Crippen LogP contribution in [0.25, 0.3) is 5.69 Å². The molecule has 16 heavy (non-hydrogen) atoms. The van der Waals surface area contributed by atoms with Gasteiger partial charge in [0.05, 0.1) is 5.69 Å². The van der Waals surface area contributed by atoms with E-state index in [9.17, 15) is 9.18 Å². The molecule has 4 heteroatoms. The van der Waals surface area contributed by atoms with Gasteiger partial charge in [-0.15, -0.1) is 0 Å². The van der Waals surface area contributed by atoms with E-state index in [1.54, 1.807) is 24.4 Å².